The fourth-order valence-corrected chi connectivity index (χ4v) is 2.84. The molecule has 2 N–H and O–H groups in total. The summed E-state index contributed by atoms with van der Waals surface area (Å²) in [5, 5.41) is 7.43. The number of aliphatic imine (C=N–C) groups is 1. The highest BCUT2D eigenvalue weighted by Gasteiger charge is 2.16. The Morgan fingerprint density at radius 1 is 1.43 bits per heavy atom. The van der Waals surface area contributed by atoms with E-state index in [1.54, 1.807) is 0 Å². The minimum atomic E-state index is 0.408. The standard InChI is InChI=1S/C15H21ClN4O/c1-11-9-17-15(19-11)18-10-12-8-13(16)2-3-14(12)20-4-6-21-7-5-20/h2-3,8,11H,4-7,9-10H2,1H3,(H2,17,18,19). The van der Waals surface area contributed by atoms with Crippen molar-refractivity contribution in [2.75, 3.05) is 37.7 Å². The average Bonchev–Trinajstić information content (AvgIpc) is 2.92. The summed E-state index contributed by atoms with van der Waals surface area (Å²) in [6.07, 6.45) is 0. The van der Waals surface area contributed by atoms with Crippen LogP contribution >= 0.6 is 11.6 Å². The van der Waals surface area contributed by atoms with Gasteiger partial charge in [-0.1, -0.05) is 11.6 Å². The van der Waals surface area contributed by atoms with Crippen molar-refractivity contribution in [3.63, 3.8) is 0 Å². The highest BCUT2D eigenvalue weighted by atomic mass is 35.5. The molecule has 1 saturated heterocycles. The summed E-state index contributed by atoms with van der Waals surface area (Å²) < 4.78 is 5.43. The van der Waals surface area contributed by atoms with Gasteiger partial charge in [0, 0.05) is 36.4 Å². The zero-order chi connectivity index (χ0) is 14.7. The first-order valence-electron chi connectivity index (χ1n) is 7.38. The molecule has 21 heavy (non-hydrogen) atoms. The van der Waals surface area contributed by atoms with Crippen molar-refractivity contribution in [3.05, 3.63) is 28.8 Å². The van der Waals surface area contributed by atoms with Crippen LogP contribution < -0.4 is 15.5 Å². The number of nitrogens with zero attached hydrogens (tertiary/aromatic N) is 2. The zero-order valence-electron chi connectivity index (χ0n) is 12.2. The molecule has 2 heterocycles. The lowest BCUT2D eigenvalue weighted by Gasteiger charge is -2.30. The van der Waals surface area contributed by atoms with E-state index >= 15 is 0 Å². The lowest BCUT2D eigenvalue weighted by Crippen LogP contribution is -2.39. The first-order valence-corrected chi connectivity index (χ1v) is 7.76. The molecule has 0 radical (unpaired) electrons. The fraction of sp³-hybridized carbons (Fsp3) is 0.533. The molecule has 0 bridgehead atoms. The van der Waals surface area contributed by atoms with Crippen LogP contribution in [-0.2, 0) is 11.3 Å². The average molecular weight is 309 g/mol. The molecular weight excluding hydrogens is 288 g/mol. The van der Waals surface area contributed by atoms with Gasteiger partial charge < -0.3 is 20.3 Å². The van der Waals surface area contributed by atoms with Gasteiger partial charge in [0.2, 0.25) is 0 Å². The lowest BCUT2D eigenvalue weighted by molar-refractivity contribution is 0.122. The van der Waals surface area contributed by atoms with Crippen molar-refractivity contribution in [2.24, 2.45) is 4.99 Å². The van der Waals surface area contributed by atoms with Gasteiger partial charge in [0.15, 0.2) is 5.96 Å². The van der Waals surface area contributed by atoms with Crippen molar-refractivity contribution in [1.29, 1.82) is 0 Å². The molecule has 1 aromatic rings. The van der Waals surface area contributed by atoms with Crippen molar-refractivity contribution in [1.82, 2.24) is 10.6 Å². The van der Waals surface area contributed by atoms with Crippen molar-refractivity contribution >= 4 is 23.2 Å². The molecule has 1 unspecified atom stereocenters. The Labute approximate surface area is 130 Å². The Balaban J connectivity index is 1.71. The Hall–Kier alpha value is -1.46. The van der Waals surface area contributed by atoms with E-state index in [0.29, 0.717) is 12.6 Å². The minimum Gasteiger partial charge on any atom is -0.378 e. The second-order valence-corrected chi connectivity index (χ2v) is 5.90. The number of guanidine groups is 1. The first-order chi connectivity index (χ1) is 10.2. The van der Waals surface area contributed by atoms with Gasteiger partial charge in [0.25, 0.3) is 0 Å². The minimum absolute atomic E-state index is 0.408. The summed E-state index contributed by atoms with van der Waals surface area (Å²) in [6, 6.07) is 6.48. The van der Waals surface area contributed by atoms with Crippen LogP contribution in [0.1, 0.15) is 12.5 Å². The summed E-state index contributed by atoms with van der Waals surface area (Å²) in [7, 11) is 0. The summed E-state index contributed by atoms with van der Waals surface area (Å²) in [6.45, 7) is 7.06. The van der Waals surface area contributed by atoms with Crippen LogP contribution in [0.5, 0.6) is 0 Å². The second-order valence-electron chi connectivity index (χ2n) is 5.46. The number of anilines is 1. The summed E-state index contributed by atoms with van der Waals surface area (Å²) in [5.41, 5.74) is 2.41. The molecule has 1 aromatic carbocycles. The summed E-state index contributed by atoms with van der Waals surface area (Å²) in [5.74, 6) is 0.871. The number of nitrogens with one attached hydrogen (secondary N) is 2. The molecule has 0 saturated carbocycles. The van der Waals surface area contributed by atoms with Gasteiger partial charge in [-0.15, -0.1) is 0 Å². The topological polar surface area (TPSA) is 48.9 Å². The smallest absolute Gasteiger partial charge is 0.191 e. The number of halogens is 1. The van der Waals surface area contributed by atoms with Crippen LogP contribution in [0.25, 0.3) is 0 Å². The van der Waals surface area contributed by atoms with E-state index in [1.807, 2.05) is 12.1 Å². The third-order valence-corrected chi connectivity index (χ3v) is 3.98. The Morgan fingerprint density at radius 2 is 2.24 bits per heavy atom. The molecule has 5 nitrogen and oxygen atoms in total. The molecule has 0 aromatic heterocycles. The van der Waals surface area contributed by atoms with Crippen LogP contribution in [0.3, 0.4) is 0 Å². The molecule has 2 aliphatic heterocycles. The molecule has 1 atom stereocenters. The van der Waals surface area contributed by atoms with Gasteiger partial charge in [0.05, 0.1) is 19.8 Å². The molecular formula is C15H21ClN4O. The van der Waals surface area contributed by atoms with E-state index in [-0.39, 0.29) is 0 Å². The Kier molecular flexibility index (Phi) is 4.51. The Bertz CT molecular complexity index is 528. The number of ether oxygens (including phenoxy) is 1. The van der Waals surface area contributed by atoms with Crippen molar-refractivity contribution < 1.29 is 4.74 Å². The molecule has 0 spiro atoms. The van der Waals surface area contributed by atoms with Gasteiger partial charge in [-0.25, -0.2) is 0 Å². The van der Waals surface area contributed by atoms with Gasteiger partial charge >= 0.3 is 0 Å². The van der Waals surface area contributed by atoms with Gasteiger partial charge in [-0.05, 0) is 30.7 Å². The van der Waals surface area contributed by atoms with E-state index in [4.69, 9.17) is 16.3 Å². The van der Waals surface area contributed by atoms with Crippen LogP contribution in [0.15, 0.2) is 23.2 Å². The third-order valence-electron chi connectivity index (χ3n) is 3.75. The monoisotopic (exact) mass is 308 g/mol. The maximum absolute atomic E-state index is 6.16. The van der Waals surface area contributed by atoms with E-state index < -0.39 is 0 Å². The third kappa shape index (κ3) is 3.60. The fourth-order valence-electron chi connectivity index (χ4n) is 2.65. The second kappa shape index (κ2) is 6.54. The van der Waals surface area contributed by atoms with Crippen molar-refractivity contribution in [2.45, 2.75) is 19.5 Å². The molecule has 2 aliphatic rings. The lowest BCUT2D eigenvalue weighted by atomic mass is 10.1. The first kappa shape index (κ1) is 14.5. The molecule has 1 fully saturated rings. The normalized spacial score (nSPS) is 21.9. The van der Waals surface area contributed by atoms with Crippen LogP contribution in [0.2, 0.25) is 5.02 Å². The summed E-state index contributed by atoms with van der Waals surface area (Å²) in [4.78, 5) is 6.77. The van der Waals surface area contributed by atoms with E-state index in [1.165, 1.54) is 11.3 Å². The number of hydrogen-bond acceptors (Lipinski definition) is 5. The molecule has 0 amide bonds. The van der Waals surface area contributed by atoms with E-state index in [2.05, 4.69) is 33.5 Å². The number of benzene rings is 1. The predicted octanol–water partition coefficient (Wildman–Crippen LogP) is 1.61. The maximum Gasteiger partial charge on any atom is 0.191 e. The molecule has 6 heteroatoms. The number of morpholine rings is 1. The highest BCUT2D eigenvalue weighted by molar-refractivity contribution is 6.30. The van der Waals surface area contributed by atoms with E-state index in [9.17, 15) is 0 Å². The predicted molar refractivity (Wildman–Crippen MR) is 86.2 cm³/mol. The van der Waals surface area contributed by atoms with E-state index in [0.717, 1.165) is 43.8 Å². The van der Waals surface area contributed by atoms with Crippen LogP contribution in [0.4, 0.5) is 5.69 Å². The highest BCUT2D eigenvalue weighted by Crippen LogP contribution is 2.25. The van der Waals surface area contributed by atoms with Gasteiger partial charge in [0.1, 0.15) is 0 Å². The zero-order valence-corrected chi connectivity index (χ0v) is 13.0. The van der Waals surface area contributed by atoms with Gasteiger partial charge in [-0.3, -0.25) is 4.99 Å². The molecule has 0 aliphatic carbocycles. The molecule has 3 rings (SSSR count). The van der Waals surface area contributed by atoms with Gasteiger partial charge in [-0.2, -0.15) is 0 Å². The quantitative estimate of drug-likeness (QED) is 0.891. The molecule has 114 valence electrons. The maximum atomic E-state index is 6.16. The SMILES string of the molecule is CC1CN=C(NCc2cc(Cl)ccc2N2CCOCC2)N1. The van der Waals surface area contributed by atoms with Crippen molar-refractivity contribution in [3.8, 4) is 0 Å². The largest absolute Gasteiger partial charge is 0.378 e. The number of hydrogen-bond donors (Lipinski definition) is 2. The summed E-state index contributed by atoms with van der Waals surface area (Å²) >= 11 is 6.16. The van der Waals surface area contributed by atoms with Crippen LogP contribution in [0, 0.1) is 0 Å². The number of rotatable bonds is 3. The Morgan fingerprint density at radius 3 is 2.95 bits per heavy atom. The van der Waals surface area contributed by atoms with Crippen LogP contribution in [-0.4, -0.2) is 44.8 Å².